The molecule has 0 aliphatic rings. The van der Waals surface area contributed by atoms with Gasteiger partial charge in [-0.15, -0.1) is 0 Å². The summed E-state index contributed by atoms with van der Waals surface area (Å²) in [4.78, 5) is 25.5. The Balaban J connectivity index is 2.20. The maximum Gasteiger partial charge on any atom is 0.330 e. The van der Waals surface area contributed by atoms with Crippen LogP contribution in [-0.2, 0) is 20.7 Å². The third-order valence-electron chi connectivity index (χ3n) is 4.84. The summed E-state index contributed by atoms with van der Waals surface area (Å²) in [5.74, 6) is -0.582. The van der Waals surface area contributed by atoms with Gasteiger partial charge in [-0.1, -0.05) is 84.9 Å². The molecule has 0 unspecified atom stereocenters. The Morgan fingerprint density at radius 3 is 1.97 bits per heavy atom. The SMILES string of the molecule is C=CC(=O)OCc1cc(C)cc(C)c1C(=O)P(=O)(c1ccccc1)c1ccccc1. The summed E-state index contributed by atoms with van der Waals surface area (Å²) in [6, 6.07) is 21.2. The minimum Gasteiger partial charge on any atom is -0.458 e. The smallest absolute Gasteiger partial charge is 0.330 e. The molecule has 0 spiro atoms. The lowest BCUT2D eigenvalue weighted by Crippen LogP contribution is -2.24. The van der Waals surface area contributed by atoms with Crippen LogP contribution in [0, 0.1) is 13.8 Å². The average Bonchev–Trinajstić information content (AvgIpc) is 2.77. The van der Waals surface area contributed by atoms with Gasteiger partial charge < -0.3 is 9.30 Å². The molecule has 5 heteroatoms. The molecule has 0 atom stereocenters. The lowest BCUT2D eigenvalue weighted by molar-refractivity contribution is -0.138. The number of benzene rings is 3. The molecule has 0 N–H and O–H groups in total. The summed E-state index contributed by atoms with van der Waals surface area (Å²) in [5, 5.41) is 0.936. The molecule has 0 saturated heterocycles. The van der Waals surface area contributed by atoms with E-state index in [2.05, 4.69) is 6.58 Å². The Morgan fingerprint density at radius 2 is 1.47 bits per heavy atom. The molecule has 0 aromatic heterocycles. The zero-order chi connectivity index (χ0) is 21.7. The van der Waals surface area contributed by atoms with Gasteiger partial charge in [0.15, 0.2) is 0 Å². The Bertz CT molecular complexity index is 1090. The lowest BCUT2D eigenvalue weighted by atomic mass is 10.00. The Labute approximate surface area is 176 Å². The van der Waals surface area contributed by atoms with Crippen molar-refractivity contribution in [2.75, 3.05) is 0 Å². The molecule has 0 saturated carbocycles. The molecule has 30 heavy (non-hydrogen) atoms. The zero-order valence-corrected chi connectivity index (χ0v) is 17.9. The second-order valence-electron chi connectivity index (χ2n) is 7.01. The molecule has 3 aromatic carbocycles. The minimum atomic E-state index is -3.66. The number of carbonyl (C=O) groups is 2. The average molecular weight is 418 g/mol. The molecule has 0 aliphatic carbocycles. The highest BCUT2D eigenvalue weighted by Crippen LogP contribution is 2.48. The van der Waals surface area contributed by atoms with Crippen molar-refractivity contribution in [2.45, 2.75) is 20.5 Å². The van der Waals surface area contributed by atoms with Crippen LogP contribution in [-0.4, -0.2) is 11.5 Å². The number of rotatable bonds is 7. The molecule has 0 bridgehead atoms. The predicted molar refractivity (Wildman–Crippen MR) is 120 cm³/mol. The summed E-state index contributed by atoms with van der Waals surface area (Å²) in [7, 11) is -3.66. The number of hydrogen-bond acceptors (Lipinski definition) is 4. The van der Waals surface area contributed by atoms with Gasteiger partial charge >= 0.3 is 5.97 Å². The van der Waals surface area contributed by atoms with Crippen LogP contribution in [0.25, 0.3) is 0 Å². The maximum absolute atomic E-state index is 14.4. The number of esters is 1. The van der Waals surface area contributed by atoms with E-state index in [-0.39, 0.29) is 6.61 Å². The van der Waals surface area contributed by atoms with Crippen LogP contribution in [0.5, 0.6) is 0 Å². The van der Waals surface area contributed by atoms with E-state index < -0.39 is 18.6 Å². The number of carbonyl (C=O) groups excluding carboxylic acids is 2. The first-order valence-electron chi connectivity index (χ1n) is 9.53. The van der Waals surface area contributed by atoms with Crippen molar-refractivity contribution in [1.82, 2.24) is 0 Å². The van der Waals surface area contributed by atoms with E-state index in [1.54, 1.807) is 61.5 Å². The summed E-state index contributed by atoms with van der Waals surface area (Å²) in [6.45, 7) is 7.00. The van der Waals surface area contributed by atoms with Crippen LogP contribution < -0.4 is 10.6 Å². The number of hydrogen-bond donors (Lipinski definition) is 0. The van der Waals surface area contributed by atoms with E-state index in [0.29, 0.717) is 27.3 Å². The first-order chi connectivity index (χ1) is 14.4. The first-order valence-corrected chi connectivity index (χ1v) is 11.2. The van der Waals surface area contributed by atoms with Gasteiger partial charge in [0.1, 0.15) is 6.61 Å². The molecule has 0 amide bonds. The molecule has 152 valence electrons. The molecule has 0 heterocycles. The monoisotopic (exact) mass is 418 g/mol. The number of ether oxygens (including phenoxy) is 1. The summed E-state index contributed by atoms with van der Waals surface area (Å²) >= 11 is 0. The second kappa shape index (κ2) is 9.06. The molecule has 0 radical (unpaired) electrons. The molecular formula is C25H23O4P. The normalized spacial score (nSPS) is 11.0. The van der Waals surface area contributed by atoms with Crippen LogP contribution in [0.2, 0.25) is 0 Å². The highest BCUT2D eigenvalue weighted by atomic mass is 31.2. The predicted octanol–water partition coefficient (Wildman–Crippen LogP) is 4.69. The van der Waals surface area contributed by atoms with Crippen molar-refractivity contribution in [2.24, 2.45) is 0 Å². The van der Waals surface area contributed by atoms with Crippen molar-refractivity contribution in [3.63, 3.8) is 0 Å². The Kier molecular flexibility index (Phi) is 6.49. The zero-order valence-electron chi connectivity index (χ0n) is 17.0. The van der Waals surface area contributed by atoms with Crippen molar-refractivity contribution < 1.29 is 18.9 Å². The summed E-state index contributed by atoms with van der Waals surface area (Å²) in [6.07, 6.45) is 1.07. The third-order valence-corrected chi connectivity index (χ3v) is 7.68. The van der Waals surface area contributed by atoms with Crippen molar-refractivity contribution in [3.05, 3.63) is 108 Å². The van der Waals surface area contributed by atoms with E-state index in [0.717, 1.165) is 11.6 Å². The van der Waals surface area contributed by atoms with Crippen LogP contribution in [0.4, 0.5) is 0 Å². The minimum absolute atomic E-state index is 0.0992. The molecule has 3 aromatic rings. The second-order valence-corrected chi connectivity index (χ2v) is 9.67. The fourth-order valence-electron chi connectivity index (χ4n) is 3.50. The van der Waals surface area contributed by atoms with Crippen molar-refractivity contribution >= 4 is 29.2 Å². The van der Waals surface area contributed by atoms with Gasteiger partial charge in [0.25, 0.3) is 0 Å². The summed E-state index contributed by atoms with van der Waals surface area (Å²) < 4.78 is 19.6. The van der Waals surface area contributed by atoms with Crippen molar-refractivity contribution in [3.8, 4) is 0 Å². The van der Waals surface area contributed by atoms with E-state index in [1.807, 2.05) is 25.1 Å². The Hall–Kier alpha value is -3.23. The number of aryl methyl sites for hydroxylation is 2. The van der Waals surface area contributed by atoms with Crippen LogP contribution in [0.15, 0.2) is 85.5 Å². The van der Waals surface area contributed by atoms with E-state index in [4.69, 9.17) is 4.74 Å². The van der Waals surface area contributed by atoms with Crippen molar-refractivity contribution in [1.29, 1.82) is 0 Å². The van der Waals surface area contributed by atoms with Gasteiger partial charge in [-0.05, 0) is 19.4 Å². The fourth-order valence-corrected chi connectivity index (χ4v) is 6.09. The first kappa shape index (κ1) is 21.5. The molecule has 4 nitrogen and oxygen atoms in total. The summed E-state index contributed by atoms with van der Waals surface area (Å²) in [5.41, 5.74) is 2.00. The van der Waals surface area contributed by atoms with E-state index in [9.17, 15) is 14.2 Å². The highest BCUT2D eigenvalue weighted by Gasteiger charge is 2.38. The van der Waals surface area contributed by atoms with Gasteiger partial charge in [-0.3, -0.25) is 4.79 Å². The van der Waals surface area contributed by atoms with Gasteiger partial charge in [-0.25, -0.2) is 4.79 Å². The van der Waals surface area contributed by atoms with Crippen LogP contribution >= 0.6 is 7.14 Å². The van der Waals surface area contributed by atoms with Gasteiger partial charge in [0.2, 0.25) is 12.7 Å². The molecule has 0 fully saturated rings. The lowest BCUT2D eigenvalue weighted by Gasteiger charge is -2.21. The quantitative estimate of drug-likeness (QED) is 0.317. The van der Waals surface area contributed by atoms with Gasteiger partial charge in [0, 0.05) is 27.8 Å². The standard InChI is InChI=1S/C25H23O4P/c1-4-23(26)29-17-20-16-18(2)15-19(3)24(20)25(27)30(28,21-11-7-5-8-12-21)22-13-9-6-10-14-22/h4-16H,1,17H2,2-3H3. The van der Waals surface area contributed by atoms with Gasteiger partial charge in [-0.2, -0.15) is 0 Å². The Morgan fingerprint density at radius 1 is 0.933 bits per heavy atom. The van der Waals surface area contributed by atoms with Crippen LogP contribution in [0.3, 0.4) is 0 Å². The molecule has 3 rings (SSSR count). The maximum atomic E-state index is 14.4. The topological polar surface area (TPSA) is 60.4 Å². The van der Waals surface area contributed by atoms with Crippen LogP contribution in [0.1, 0.15) is 27.0 Å². The van der Waals surface area contributed by atoms with E-state index in [1.165, 1.54) is 0 Å². The molecule has 0 aliphatic heterocycles. The van der Waals surface area contributed by atoms with E-state index >= 15 is 0 Å². The largest absolute Gasteiger partial charge is 0.458 e. The fraction of sp³-hybridized carbons (Fsp3) is 0.120. The van der Waals surface area contributed by atoms with Gasteiger partial charge in [0.05, 0.1) is 0 Å². The third kappa shape index (κ3) is 4.19. The molecular weight excluding hydrogens is 395 g/mol. The highest BCUT2D eigenvalue weighted by molar-refractivity contribution is 7.93.